The highest BCUT2D eigenvalue weighted by atomic mass is 16.2. The number of hydrogen-bond acceptors (Lipinski definition) is 4. The zero-order valence-corrected chi connectivity index (χ0v) is 16.5. The number of nitrogens with zero attached hydrogens (tertiary/aromatic N) is 2. The van der Waals surface area contributed by atoms with Gasteiger partial charge >= 0.3 is 5.69 Å². The Morgan fingerprint density at radius 1 is 1.03 bits per heavy atom. The van der Waals surface area contributed by atoms with E-state index in [2.05, 4.69) is 4.98 Å². The first-order valence-electron chi connectivity index (χ1n) is 9.50. The SMILES string of the molecule is CCCCn1c(N)c(N(C)C(=O)c2ccc(-c3ccccc3)cc2)c(=O)[nH]c1=O. The van der Waals surface area contributed by atoms with Crippen LogP contribution in [0.2, 0.25) is 0 Å². The second-order valence-corrected chi connectivity index (χ2v) is 6.81. The lowest BCUT2D eigenvalue weighted by Crippen LogP contribution is -2.39. The van der Waals surface area contributed by atoms with Crippen LogP contribution in [-0.2, 0) is 6.54 Å². The summed E-state index contributed by atoms with van der Waals surface area (Å²) in [6.07, 6.45) is 1.59. The largest absolute Gasteiger partial charge is 0.383 e. The number of amides is 1. The molecule has 0 saturated heterocycles. The van der Waals surface area contributed by atoms with Gasteiger partial charge in [0.1, 0.15) is 5.82 Å². The molecular formula is C22H24N4O3. The van der Waals surface area contributed by atoms with E-state index in [1.165, 1.54) is 16.5 Å². The highest BCUT2D eigenvalue weighted by Gasteiger charge is 2.22. The third-order valence-corrected chi connectivity index (χ3v) is 4.83. The zero-order valence-electron chi connectivity index (χ0n) is 16.5. The summed E-state index contributed by atoms with van der Waals surface area (Å²) in [5, 5.41) is 0. The summed E-state index contributed by atoms with van der Waals surface area (Å²) >= 11 is 0. The minimum Gasteiger partial charge on any atom is -0.383 e. The molecule has 150 valence electrons. The number of aromatic nitrogens is 2. The topological polar surface area (TPSA) is 101 Å². The maximum atomic E-state index is 12.9. The first-order chi connectivity index (χ1) is 13.9. The smallest absolute Gasteiger partial charge is 0.330 e. The van der Waals surface area contributed by atoms with E-state index in [4.69, 9.17) is 5.73 Å². The summed E-state index contributed by atoms with van der Waals surface area (Å²) in [6, 6.07) is 16.9. The van der Waals surface area contributed by atoms with Gasteiger partial charge < -0.3 is 10.6 Å². The minimum atomic E-state index is -0.683. The molecule has 0 aliphatic carbocycles. The maximum absolute atomic E-state index is 12.9. The molecule has 3 N–H and O–H groups in total. The van der Waals surface area contributed by atoms with Gasteiger partial charge in [0.2, 0.25) is 0 Å². The summed E-state index contributed by atoms with van der Waals surface area (Å²) in [5.41, 5.74) is 7.25. The predicted molar refractivity (Wildman–Crippen MR) is 115 cm³/mol. The number of rotatable bonds is 6. The van der Waals surface area contributed by atoms with Crippen LogP contribution in [0, 0.1) is 0 Å². The Hall–Kier alpha value is -3.61. The lowest BCUT2D eigenvalue weighted by molar-refractivity contribution is 0.0992. The molecule has 0 atom stereocenters. The molecule has 1 amide bonds. The molecule has 0 saturated carbocycles. The van der Waals surface area contributed by atoms with Crippen LogP contribution in [-0.4, -0.2) is 22.5 Å². The number of carbonyl (C=O) groups excluding carboxylic acids is 1. The van der Waals surface area contributed by atoms with Gasteiger partial charge in [0.25, 0.3) is 11.5 Å². The van der Waals surface area contributed by atoms with E-state index < -0.39 is 11.2 Å². The number of unbranched alkanes of at least 4 members (excludes halogenated alkanes) is 1. The monoisotopic (exact) mass is 392 g/mol. The summed E-state index contributed by atoms with van der Waals surface area (Å²) < 4.78 is 1.29. The van der Waals surface area contributed by atoms with Crippen LogP contribution in [0.25, 0.3) is 11.1 Å². The van der Waals surface area contributed by atoms with Crippen molar-refractivity contribution < 1.29 is 4.79 Å². The van der Waals surface area contributed by atoms with Gasteiger partial charge in [-0.15, -0.1) is 0 Å². The van der Waals surface area contributed by atoms with E-state index >= 15 is 0 Å². The second kappa shape index (κ2) is 8.60. The van der Waals surface area contributed by atoms with Gasteiger partial charge in [0, 0.05) is 19.2 Å². The lowest BCUT2D eigenvalue weighted by atomic mass is 10.0. The zero-order chi connectivity index (χ0) is 21.0. The maximum Gasteiger partial charge on any atom is 0.330 e. The van der Waals surface area contributed by atoms with Gasteiger partial charge in [-0.1, -0.05) is 55.8 Å². The summed E-state index contributed by atoms with van der Waals surface area (Å²) in [4.78, 5) is 40.8. The predicted octanol–water partition coefficient (Wildman–Crippen LogP) is 2.86. The number of nitrogen functional groups attached to an aromatic ring is 1. The molecule has 7 heteroatoms. The summed E-state index contributed by atoms with van der Waals surface area (Å²) in [7, 11) is 1.48. The van der Waals surface area contributed by atoms with E-state index in [1.807, 2.05) is 49.4 Å². The molecule has 0 aliphatic rings. The number of benzene rings is 2. The summed E-state index contributed by atoms with van der Waals surface area (Å²) in [6.45, 7) is 2.36. The molecule has 29 heavy (non-hydrogen) atoms. The van der Waals surface area contributed by atoms with Gasteiger partial charge in [-0.2, -0.15) is 0 Å². The van der Waals surface area contributed by atoms with Crippen molar-refractivity contribution >= 4 is 17.4 Å². The van der Waals surface area contributed by atoms with Gasteiger partial charge in [0.05, 0.1) is 0 Å². The molecule has 0 bridgehead atoms. The molecule has 3 rings (SSSR count). The molecule has 7 nitrogen and oxygen atoms in total. The normalized spacial score (nSPS) is 10.7. The van der Waals surface area contributed by atoms with Crippen molar-refractivity contribution in [3.05, 3.63) is 81.0 Å². The van der Waals surface area contributed by atoms with Crippen molar-refractivity contribution in [1.29, 1.82) is 0 Å². The number of H-pyrrole nitrogens is 1. The highest BCUT2D eigenvalue weighted by molar-refractivity contribution is 6.07. The average molecular weight is 392 g/mol. The molecule has 1 aromatic heterocycles. The second-order valence-electron chi connectivity index (χ2n) is 6.81. The number of hydrogen-bond donors (Lipinski definition) is 2. The van der Waals surface area contributed by atoms with Gasteiger partial charge in [-0.05, 0) is 29.7 Å². The molecule has 0 radical (unpaired) electrons. The van der Waals surface area contributed by atoms with Crippen molar-refractivity contribution in [3.63, 3.8) is 0 Å². The fourth-order valence-electron chi connectivity index (χ4n) is 3.17. The molecule has 1 heterocycles. The quantitative estimate of drug-likeness (QED) is 0.673. The van der Waals surface area contributed by atoms with E-state index in [9.17, 15) is 14.4 Å². The molecule has 0 unspecified atom stereocenters. The molecule has 3 aromatic rings. The van der Waals surface area contributed by atoms with Crippen molar-refractivity contribution in [2.75, 3.05) is 17.7 Å². The molecule has 0 fully saturated rings. The first kappa shape index (κ1) is 20.1. The molecule has 0 spiro atoms. The van der Waals surface area contributed by atoms with Crippen LogP contribution >= 0.6 is 0 Å². The minimum absolute atomic E-state index is 0.0102. The first-order valence-corrected chi connectivity index (χ1v) is 9.50. The third kappa shape index (κ3) is 4.13. The van der Waals surface area contributed by atoms with Crippen molar-refractivity contribution in [2.45, 2.75) is 26.3 Å². The van der Waals surface area contributed by atoms with E-state index in [0.717, 1.165) is 24.0 Å². The Bertz CT molecular complexity index is 1120. The number of nitrogens with one attached hydrogen (secondary N) is 1. The average Bonchev–Trinajstić information content (AvgIpc) is 2.73. The Morgan fingerprint density at radius 2 is 1.66 bits per heavy atom. The van der Waals surface area contributed by atoms with Crippen molar-refractivity contribution in [3.8, 4) is 11.1 Å². The van der Waals surface area contributed by atoms with Crippen LogP contribution in [0.4, 0.5) is 11.5 Å². The number of carbonyl (C=O) groups is 1. The Labute approximate surface area is 168 Å². The van der Waals surface area contributed by atoms with Crippen LogP contribution in [0.5, 0.6) is 0 Å². The van der Waals surface area contributed by atoms with Crippen LogP contribution in [0.1, 0.15) is 30.1 Å². The molecule has 2 aromatic carbocycles. The Balaban J connectivity index is 1.92. The van der Waals surface area contributed by atoms with Gasteiger partial charge in [0.15, 0.2) is 5.69 Å². The van der Waals surface area contributed by atoms with E-state index in [0.29, 0.717) is 12.1 Å². The van der Waals surface area contributed by atoms with Crippen LogP contribution in [0.15, 0.2) is 64.2 Å². The Morgan fingerprint density at radius 3 is 2.28 bits per heavy atom. The number of nitrogens with two attached hydrogens (primary N) is 1. The van der Waals surface area contributed by atoms with Gasteiger partial charge in [-0.3, -0.25) is 19.1 Å². The highest BCUT2D eigenvalue weighted by Crippen LogP contribution is 2.22. The van der Waals surface area contributed by atoms with Crippen LogP contribution < -0.4 is 21.9 Å². The van der Waals surface area contributed by atoms with Crippen molar-refractivity contribution in [2.24, 2.45) is 0 Å². The Kier molecular flexibility index (Phi) is 5.97. The molecular weight excluding hydrogens is 368 g/mol. The number of anilines is 2. The molecule has 0 aliphatic heterocycles. The number of aromatic amines is 1. The van der Waals surface area contributed by atoms with E-state index in [1.54, 1.807) is 12.1 Å². The lowest BCUT2D eigenvalue weighted by Gasteiger charge is -2.20. The standard InChI is InChI=1S/C22H24N4O3/c1-3-4-14-26-19(23)18(20(27)24-22(26)29)25(2)21(28)17-12-10-16(11-13-17)15-8-6-5-7-9-15/h5-13H,3-4,14,23H2,1-2H3,(H,24,27,29). The fraction of sp³-hybridized carbons (Fsp3) is 0.227. The third-order valence-electron chi connectivity index (χ3n) is 4.83. The summed E-state index contributed by atoms with van der Waals surface area (Å²) in [5.74, 6) is -0.397. The fourth-order valence-corrected chi connectivity index (χ4v) is 3.17. The van der Waals surface area contributed by atoms with Crippen molar-refractivity contribution in [1.82, 2.24) is 9.55 Å². The van der Waals surface area contributed by atoms with Gasteiger partial charge in [-0.25, -0.2) is 4.79 Å². The van der Waals surface area contributed by atoms with Crippen LogP contribution in [0.3, 0.4) is 0 Å². The van der Waals surface area contributed by atoms with E-state index in [-0.39, 0.29) is 17.4 Å².